The van der Waals surface area contributed by atoms with E-state index in [2.05, 4.69) is 0 Å². The van der Waals surface area contributed by atoms with Gasteiger partial charge in [0.05, 0.1) is 12.1 Å². The fourth-order valence-corrected chi connectivity index (χ4v) is 2.78. The van der Waals surface area contributed by atoms with Gasteiger partial charge in [0.2, 0.25) is 0 Å². The average Bonchev–Trinajstić information content (AvgIpc) is 2.67. The fraction of sp³-hybridized carbons (Fsp3) is 0.467. The molecule has 0 amide bonds. The highest BCUT2D eigenvalue weighted by Crippen LogP contribution is 2.30. The van der Waals surface area contributed by atoms with E-state index >= 15 is 0 Å². The quantitative estimate of drug-likeness (QED) is 0.762. The Morgan fingerprint density at radius 2 is 2.06 bits per heavy atom. The largest absolute Gasteiger partial charge is 0.302 e. The lowest BCUT2D eigenvalue weighted by molar-refractivity contribution is -0.122. The molecule has 0 N–H and O–H groups in total. The molecule has 96 valence electrons. The number of hydrogen-bond donors (Lipinski definition) is 0. The highest BCUT2D eigenvalue weighted by Gasteiger charge is 2.40. The third-order valence-electron chi connectivity index (χ3n) is 3.78. The smallest absolute Gasteiger partial charge is 0.146 e. The van der Waals surface area contributed by atoms with Crippen LogP contribution in [0.25, 0.3) is 0 Å². The summed E-state index contributed by atoms with van der Waals surface area (Å²) >= 11 is 0. The third-order valence-corrected chi connectivity index (χ3v) is 3.78. The molecule has 1 aliphatic heterocycles. The zero-order chi connectivity index (χ0) is 13.1. The van der Waals surface area contributed by atoms with Gasteiger partial charge in [0.15, 0.2) is 0 Å². The van der Waals surface area contributed by atoms with Crippen LogP contribution < -0.4 is 0 Å². The van der Waals surface area contributed by atoms with Crippen LogP contribution >= 0.6 is 0 Å². The summed E-state index contributed by atoms with van der Waals surface area (Å²) in [5.74, 6) is 0.405. The molecule has 1 aliphatic rings. The van der Waals surface area contributed by atoms with Crippen molar-refractivity contribution in [3.63, 3.8) is 0 Å². The molecule has 1 fully saturated rings. The van der Waals surface area contributed by atoms with Gasteiger partial charge in [-0.15, -0.1) is 0 Å². The van der Waals surface area contributed by atoms with Crippen LogP contribution in [0.4, 0.5) is 0 Å². The van der Waals surface area contributed by atoms with Crippen molar-refractivity contribution in [2.75, 3.05) is 0 Å². The normalized spacial score (nSPS) is 28.2. The van der Waals surface area contributed by atoms with Gasteiger partial charge in [-0.25, -0.2) is 0 Å². The number of carbonyl (C=O) groups is 2. The van der Waals surface area contributed by atoms with E-state index in [0.717, 1.165) is 18.3 Å². The molecule has 1 saturated heterocycles. The molecular formula is C15H19NO2. The number of Topliss-reactive ketones (excluding diaryl/α,β-unsaturated/α-hetero) is 1. The number of ketones is 1. The number of aldehydes is 1. The SMILES string of the molecule is CC(=O)[C@H]1C[C@@H](C)[C@H](C=O)N1Cc1ccccc1. The van der Waals surface area contributed by atoms with Gasteiger partial charge in [-0.3, -0.25) is 9.69 Å². The number of nitrogens with zero attached hydrogens (tertiary/aromatic N) is 1. The maximum Gasteiger partial charge on any atom is 0.146 e. The summed E-state index contributed by atoms with van der Waals surface area (Å²) < 4.78 is 0. The van der Waals surface area contributed by atoms with E-state index in [-0.39, 0.29) is 23.8 Å². The molecular weight excluding hydrogens is 226 g/mol. The summed E-state index contributed by atoms with van der Waals surface area (Å²) in [6.45, 7) is 4.32. The summed E-state index contributed by atoms with van der Waals surface area (Å²) in [6.07, 6.45) is 1.77. The molecule has 0 aromatic heterocycles. The molecule has 2 rings (SSSR count). The van der Waals surface area contributed by atoms with Gasteiger partial charge in [0.1, 0.15) is 12.1 Å². The molecule has 0 bridgehead atoms. The van der Waals surface area contributed by atoms with E-state index in [4.69, 9.17) is 0 Å². The lowest BCUT2D eigenvalue weighted by Crippen LogP contribution is -2.40. The van der Waals surface area contributed by atoms with E-state index in [0.29, 0.717) is 6.54 Å². The van der Waals surface area contributed by atoms with Crippen LogP contribution in [0.2, 0.25) is 0 Å². The fourth-order valence-electron chi connectivity index (χ4n) is 2.78. The molecule has 0 radical (unpaired) electrons. The molecule has 1 heterocycles. The number of benzene rings is 1. The minimum atomic E-state index is -0.140. The molecule has 1 aromatic carbocycles. The first-order valence-electron chi connectivity index (χ1n) is 6.39. The Kier molecular flexibility index (Phi) is 3.92. The number of rotatable bonds is 4. The predicted molar refractivity (Wildman–Crippen MR) is 70.1 cm³/mol. The van der Waals surface area contributed by atoms with E-state index in [9.17, 15) is 9.59 Å². The van der Waals surface area contributed by atoms with Crippen LogP contribution in [0, 0.1) is 5.92 Å². The summed E-state index contributed by atoms with van der Waals surface area (Å²) in [6, 6.07) is 9.73. The molecule has 0 spiro atoms. The van der Waals surface area contributed by atoms with E-state index in [1.807, 2.05) is 42.2 Å². The summed E-state index contributed by atoms with van der Waals surface area (Å²) in [7, 11) is 0. The average molecular weight is 245 g/mol. The molecule has 0 unspecified atom stereocenters. The van der Waals surface area contributed by atoms with Crippen LogP contribution in [0.3, 0.4) is 0 Å². The van der Waals surface area contributed by atoms with Crippen LogP contribution in [-0.4, -0.2) is 29.1 Å². The highest BCUT2D eigenvalue weighted by molar-refractivity contribution is 5.82. The lowest BCUT2D eigenvalue weighted by atomic mass is 10.0. The molecule has 3 heteroatoms. The van der Waals surface area contributed by atoms with Crippen LogP contribution in [0.1, 0.15) is 25.8 Å². The second-order valence-electron chi connectivity index (χ2n) is 5.12. The van der Waals surface area contributed by atoms with Crippen LogP contribution in [0.15, 0.2) is 30.3 Å². The summed E-state index contributed by atoms with van der Waals surface area (Å²) in [5.41, 5.74) is 1.14. The van der Waals surface area contributed by atoms with Crippen LogP contribution in [0.5, 0.6) is 0 Å². The standard InChI is InChI=1S/C15H19NO2/c1-11-8-14(12(2)18)16(15(11)10-17)9-13-6-4-3-5-7-13/h3-7,10-11,14-15H,8-9H2,1-2H3/t11-,14-,15+/m1/s1. The zero-order valence-electron chi connectivity index (χ0n) is 10.9. The first-order valence-corrected chi connectivity index (χ1v) is 6.39. The van der Waals surface area contributed by atoms with Crippen molar-refractivity contribution < 1.29 is 9.59 Å². The lowest BCUT2D eigenvalue weighted by Gasteiger charge is -2.26. The van der Waals surface area contributed by atoms with Gasteiger partial charge < -0.3 is 4.79 Å². The van der Waals surface area contributed by atoms with Gasteiger partial charge in [0, 0.05) is 6.54 Å². The molecule has 3 nitrogen and oxygen atoms in total. The maximum absolute atomic E-state index is 11.7. The van der Waals surface area contributed by atoms with Crippen molar-refractivity contribution >= 4 is 12.1 Å². The van der Waals surface area contributed by atoms with Crippen molar-refractivity contribution in [1.29, 1.82) is 0 Å². The Bertz CT molecular complexity index is 429. The maximum atomic E-state index is 11.7. The van der Waals surface area contributed by atoms with Gasteiger partial charge in [-0.2, -0.15) is 0 Å². The first-order chi connectivity index (χ1) is 8.63. The summed E-state index contributed by atoms with van der Waals surface area (Å²) in [5, 5.41) is 0. The van der Waals surface area contributed by atoms with E-state index < -0.39 is 0 Å². The number of hydrogen-bond acceptors (Lipinski definition) is 3. The van der Waals surface area contributed by atoms with Crippen LogP contribution in [-0.2, 0) is 16.1 Å². The monoisotopic (exact) mass is 245 g/mol. The van der Waals surface area contributed by atoms with Gasteiger partial charge in [0.25, 0.3) is 0 Å². The zero-order valence-corrected chi connectivity index (χ0v) is 10.9. The second-order valence-corrected chi connectivity index (χ2v) is 5.12. The number of carbonyl (C=O) groups excluding carboxylic acids is 2. The van der Waals surface area contributed by atoms with Crippen molar-refractivity contribution in [2.45, 2.75) is 38.9 Å². The topological polar surface area (TPSA) is 37.4 Å². The predicted octanol–water partition coefficient (Wildman–Crippen LogP) is 2.05. The van der Waals surface area contributed by atoms with E-state index in [1.165, 1.54) is 0 Å². The molecule has 0 aliphatic carbocycles. The van der Waals surface area contributed by atoms with Crippen molar-refractivity contribution in [2.24, 2.45) is 5.92 Å². The second kappa shape index (κ2) is 5.44. The van der Waals surface area contributed by atoms with Crippen molar-refractivity contribution in [3.8, 4) is 0 Å². The summed E-state index contributed by atoms with van der Waals surface area (Å²) in [4.78, 5) is 25.0. The molecule has 18 heavy (non-hydrogen) atoms. The minimum Gasteiger partial charge on any atom is -0.302 e. The molecule has 1 aromatic rings. The Morgan fingerprint density at radius 3 is 2.61 bits per heavy atom. The Balaban J connectivity index is 2.21. The Hall–Kier alpha value is -1.48. The highest BCUT2D eigenvalue weighted by atomic mass is 16.1. The molecule has 0 saturated carbocycles. The van der Waals surface area contributed by atoms with Crippen molar-refractivity contribution in [1.82, 2.24) is 4.90 Å². The minimum absolute atomic E-state index is 0.115. The van der Waals surface area contributed by atoms with E-state index in [1.54, 1.807) is 6.92 Å². The van der Waals surface area contributed by atoms with Crippen molar-refractivity contribution in [3.05, 3.63) is 35.9 Å². The Labute approximate surface area is 108 Å². The Morgan fingerprint density at radius 1 is 1.39 bits per heavy atom. The number of likely N-dealkylation sites (tertiary alicyclic amines) is 1. The third kappa shape index (κ3) is 2.51. The first kappa shape index (κ1) is 13.0. The van der Waals surface area contributed by atoms with Gasteiger partial charge in [-0.1, -0.05) is 37.3 Å². The van der Waals surface area contributed by atoms with Gasteiger partial charge in [-0.05, 0) is 24.8 Å². The van der Waals surface area contributed by atoms with Gasteiger partial charge >= 0.3 is 0 Å². The molecule has 3 atom stereocenters.